The van der Waals surface area contributed by atoms with Crippen molar-refractivity contribution in [2.75, 3.05) is 54.1 Å². The first-order chi connectivity index (χ1) is 22.4. The molecule has 0 bridgehead atoms. The van der Waals surface area contributed by atoms with Gasteiger partial charge in [0.2, 0.25) is 11.7 Å². The van der Waals surface area contributed by atoms with E-state index in [-0.39, 0.29) is 24.1 Å². The predicted molar refractivity (Wildman–Crippen MR) is 169 cm³/mol. The third kappa shape index (κ3) is 7.12. The van der Waals surface area contributed by atoms with Gasteiger partial charge in [0.15, 0.2) is 11.5 Å². The van der Waals surface area contributed by atoms with Crippen LogP contribution in [-0.2, 0) is 15.6 Å². The highest BCUT2D eigenvalue weighted by atomic mass is 19.4. The zero-order chi connectivity index (χ0) is 33.8. The Hall–Kier alpha value is -4.45. The van der Waals surface area contributed by atoms with Gasteiger partial charge in [-0.25, -0.2) is 0 Å². The fourth-order valence-electron chi connectivity index (χ4n) is 7.01. The second-order valence-electron chi connectivity index (χ2n) is 12.2. The van der Waals surface area contributed by atoms with Gasteiger partial charge < -0.3 is 34.5 Å². The molecule has 0 aliphatic carbocycles. The molecule has 12 heteroatoms. The number of hydrogen-bond acceptors (Lipinski definition) is 7. The number of hydrogen-bond donors (Lipinski definition) is 1. The normalized spacial score (nSPS) is 19.7. The number of amides is 2. The highest BCUT2D eigenvalue weighted by Crippen LogP contribution is 2.43. The Morgan fingerprint density at radius 2 is 1.47 bits per heavy atom. The van der Waals surface area contributed by atoms with Crippen LogP contribution < -0.4 is 24.7 Å². The van der Waals surface area contributed by atoms with Crippen molar-refractivity contribution in [2.24, 2.45) is 5.73 Å². The van der Waals surface area contributed by atoms with E-state index in [0.29, 0.717) is 80.2 Å². The molecule has 0 radical (unpaired) electrons. The summed E-state index contributed by atoms with van der Waals surface area (Å²) >= 11 is 0. The van der Waals surface area contributed by atoms with Gasteiger partial charge in [-0.15, -0.1) is 13.2 Å². The van der Waals surface area contributed by atoms with Crippen LogP contribution in [0.4, 0.5) is 13.2 Å². The Balaban J connectivity index is 1.39. The molecule has 0 saturated carbocycles. The van der Waals surface area contributed by atoms with Crippen molar-refractivity contribution in [1.29, 1.82) is 0 Å². The summed E-state index contributed by atoms with van der Waals surface area (Å²) in [5, 5.41) is 0. The Morgan fingerprint density at radius 1 is 0.830 bits per heavy atom. The van der Waals surface area contributed by atoms with Crippen LogP contribution >= 0.6 is 0 Å². The number of primary amides is 1. The van der Waals surface area contributed by atoms with Crippen molar-refractivity contribution in [3.8, 4) is 23.0 Å². The molecule has 3 aromatic carbocycles. The zero-order valence-corrected chi connectivity index (χ0v) is 26.8. The van der Waals surface area contributed by atoms with Gasteiger partial charge in [0.1, 0.15) is 5.75 Å². The molecule has 0 spiro atoms. The van der Waals surface area contributed by atoms with Gasteiger partial charge >= 0.3 is 6.36 Å². The minimum Gasteiger partial charge on any atom is -0.493 e. The van der Waals surface area contributed by atoms with Crippen LogP contribution in [0.3, 0.4) is 0 Å². The molecule has 2 fully saturated rings. The van der Waals surface area contributed by atoms with Gasteiger partial charge in [-0.1, -0.05) is 42.5 Å². The number of alkyl halides is 3. The molecular formula is C35H40F3N3O6. The van der Waals surface area contributed by atoms with E-state index in [1.54, 1.807) is 29.2 Å². The second-order valence-corrected chi connectivity index (χ2v) is 12.2. The molecule has 2 N–H and O–H groups in total. The van der Waals surface area contributed by atoms with Crippen LogP contribution in [0.2, 0.25) is 0 Å². The number of nitrogens with zero attached hydrogens (tertiary/aromatic N) is 2. The van der Waals surface area contributed by atoms with Gasteiger partial charge in [0, 0.05) is 24.1 Å². The number of piperidine rings is 1. The number of halogens is 3. The van der Waals surface area contributed by atoms with E-state index in [1.165, 1.54) is 33.5 Å². The molecule has 9 nitrogen and oxygen atoms in total. The minimum absolute atomic E-state index is 0.263. The lowest BCUT2D eigenvalue weighted by Gasteiger charge is -2.41. The molecule has 2 heterocycles. The van der Waals surface area contributed by atoms with Crippen LogP contribution in [0.5, 0.6) is 23.0 Å². The topological polar surface area (TPSA) is 104 Å². The number of methoxy groups -OCH3 is 3. The number of ether oxygens (including phenoxy) is 4. The first-order valence-electron chi connectivity index (χ1n) is 15.5. The molecule has 252 valence electrons. The fourth-order valence-corrected chi connectivity index (χ4v) is 7.01. The van der Waals surface area contributed by atoms with E-state index < -0.39 is 17.2 Å². The van der Waals surface area contributed by atoms with Crippen molar-refractivity contribution >= 4 is 11.8 Å². The molecule has 47 heavy (non-hydrogen) atoms. The van der Waals surface area contributed by atoms with Crippen molar-refractivity contribution in [2.45, 2.75) is 42.9 Å². The first kappa shape index (κ1) is 33.9. The molecule has 5 rings (SSSR count). The summed E-state index contributed by atoms with van der Waals surface area (Å²) in [6.07, 6.45) is -2.63. The number of carbonyl (C=O) groups is 2. The van der Waals surface area contributed by atoms with Crippen molar-refractivity contribution in [3.63, 3.8) is 0 Å². The van der Waals surface area contributed by atoms with Crippen molar-refractivity contribution in [1.82, 2.24) is 9.80 Å². The van der Waals surface area contributed by atoms with E-state index in [2.05, 4.69) is 9.64 Å². The second kappa shape index (κ2) is 13.7. The molecule has 2 aliphatic heterocycles. The smallest absolute Gasteiger partial charge is 0.493 e. The SMILES string of the molecule is COc1cc(C(=O)N2CCC(CCN3CCC(C(N)=O)(c4ccccc4)CC3)(c3cccc(OC(F)(F)F)c3)C2)cc(OC)c1OC. The average molecular weight is 656 g/mol. The van der Waals surface area contributed by atoms with E-state index in [9.17, 15) is 22.8 Å². The van der Waals surface area contributed by atoms with Gasteiger partial charge in [-0.2, -0.15) is 0 Å². The van der Waals surface area contributed by atoms with Gasteiger partial charge in [0.25, 0.3) is 5.91 Å². The maximum atomic E-state index is 13.9. The molecule has 2 aliphatic rings. The summed E-state index contributed by atoms with van der Waals surface area (Å²) in [6.45, 7) is 2.53. The molecule has 3 aromatic rings. The van der Waals surface area contributed by atoms with E-state index >= 15 is 0 Å². The maximum Gasteiger partial charge on any atom is 0.573 e. The molecule has 0 aromatic heterocycles. The predicted octanol–water partition coefficient (Wildman–Crippen LogP) is 5.30. The lowest BCUT2D eigenvalue weighted by molar-refractivity contribution is -0.274. The maximum absolute atomic E-state index is 13.9. The number of nitrogens with two attached hydrogens (primary N) is 1. The van der Waals surface area contributed by atoms with Crippen LogP contribution in [0.15, 0.2) is 66.7 Å². The van der Waals surface area contributed by atoms with Gasteiger partial charge in [-0.3, -0.25) is 9.59 Å². The highest BCUT2D eigenvalue weighted by molar-refractivity contribution is 5.96. The zero-order valence-electron chi connectivity index (χ0n) is 26.8. The highest BCUT2D eigenvalue weighted by Gasteiger charge is 2.45. The number of rotatable bonds is 11. The molecule has 2 amide bonds. The summed E-state index contributed by atoms with van der Waals surface area (Å²) in [6, 6.07) is 18.8. The lowest BCUT2D eigenvalue weighted by Crippen LogP contribution is -2.50. The van der Waals surface area contributed by atoms with Gasteiger partial charge in [0.05, 0.1) is 26.7 Å². The Kier molecular flexibility index (Phi) is 9.90. The van der Waals surface area contributed by atoms with Crippen molar-refractivity contribution in [3.05, 3.63) is 83.4 Å². The minimum atomic E-state index is -4.84. The third-order valence-electron chi connectivity index (χ3n) is 9.65. The van der Waals surface area contributed by atoms with E-state index in [4.69, 9.17) is 19.9 Å². The van der Waals surface area contributed by atoms with Crippen LogP contribution in [0, 0.1) is 0 Å². The summed E-state index contributed by atoms with van der Waals surface area (Å²) in [4.78, 5) is 30.5. The molecular weight excluding hydrogens is 615 g/mol. The molecule has 1 unspecified atom stereocenters. The standard InChI is InChI=1S/C35H40F3N3O6/c1-44-28-20-24(21-29(45-2)30(28)46-3)31(42)41-19-13-33(23-41,26-10-7-11-27(22-26)47-35(36,37)38)12-16-40-17-14-34(15-18-40,32(39)43)25-8-5-4-6-9-25/h4-11,20-22H,12-19,23H2,1-3H3,(H2,39,43). The number of carbonyl (C=O) groups excluding carboxylic acids is 2. The Labute approximate surface area is 272 Å². The number of benzene rings is 3. The van der Waals surface area contributed by atoms with Crippen LogP contribution in [-0.4, -0.2) is 82.0 Å². The van der Waals surface area contributed by atoms with Crippen molar-refractivity contribution < 1.29 is 41.7 Å². The summed E-state index contributed by atoms with van der Waals surface area (Å²) < 4.78 is 60.1. The Morgan fingerprint density at radius 3 is 2.04 bits per heavy atom. The van der Waals surface area contributed by atoms with Gasteiger partial charge in [-0.05, 0) is 80.7 Å². The van der Waals surface area contributed by atoms with Crippen LogP contribution in [0.1, 0.15) is 47.2 Å². The molecule has 1 atom stereocenters. The first-order valence-corrected chi connectivity index (χ1v) is 15.5. The lowest BCUT2D eigenvalue weighted by atomic mass is 9.71. The Bertz CT molecular complexity index is 1550. The summed E-state index contributed by atoms with van der Waals surface area (Å²) in [5.41, 5.74) is 6.44. The number of likely N-dealkylation sites (tertiary alicyclic amines) is 2. The summed E-state index contributed by atoms with van der Waals surface area (Å²) in [7, 11) is 4.41. The average Bonchev–Trinajstić information content (AvgIpc) is 3.52. The van der Waals surface area contributed by atoms with E-state index in [1.807, 2.05) is 30.3 Å². The third-order valence-corrected chi connectivity index (χ3v) is 9.65. The largest absolute Gasteiger partial charge is 0.573 e. The summed E-state index contributed by atoms with van der Waals surface area (Å²) in [5.74, 6) is 0.114. The van der Waals surface area contributed by atoms with Crippen LogP contribution in [0.25, 0.3) is 0 Å². The quantitative estimate of drug-likeness (QED) is 0.299. The van der Waals surface area contributed by atoms with E-state index in [0.717, 1.165) is 5.56 Å². The monoisotopic (exact) mass is 655 g/mol. The fraction of sp³-hybridized carbons (Fsp3) is 0.429. The molecule has 2 saturated heterocycles.